The monoisotopic (exact) mass is 165 g/mol. The molecular weight excluding hydrogens is 154 g/mol. The molecule has 1 aliphatic heterocycles. The maximum absolute atomic E-state index is 10.7. The van der Waals surface area contributed by atoms with Crippen LogP contribution in [-0.2, 0) is 9.84 Å². The number of likely N-dealkylation sites (tertiary alicyclic amines) is 1. The van der Waals surface area contributed by atoms with Gasteiger partial charge in [-0.1, -0.05) is 0 Å². The molecule has 1 aliphatic rings. The number of rotatable bonds is 2. The van der Waals surface area contributed by atoms with Gasteiger partial charge in [-0.15, -0.1) is 0 Å². The van der Waals surface area contributed by atoms with Gasteiger partial charge in [-0.25, -0.2) is 8.42 Å². The van der Waals surface area contributed by atoms with E-state index < -0.39 is 15.4 Å². The molecule has 1 atom stereocenters. The van der Waals surface area contributed by atoms with E-state index in [1.807, 2.05) is 0 Å². The van der Waals surface area contributed by atoms with Gasteiger partial charge in [0.05, 0.1) is 0 Å². The molecule has 0 aromatic heterocycles. The maximum Gasteiger partial charge on any atom is 0.211 e. The highest BCUT2D eigenvalue weighted by atomic mass is 32.2. The third-order valence-electron chi connectivity index (χ3n) is 1.59. The molecule has 0 spiro atoms. The van der Waals surface area contributed by atoms with E-state index in [4.69, 9.17) is 5.11 Å². The highest BCUT2D eigenvalue weighted by Gasteiger charge is 2.28. The smallest absolute Gasteiger partial charge is 0.211 e. The number of hydrogen-bond acceptors (Lipinski definition) is 4. The molecule has 1 unspecified atom stereocenters. The van der Waals surface area contributed by atoms with Gasteiger partial charge in [0.15, 0.2) is 9.84 Å². The molecule has 4 nitrogen and oxygen atoms in total. The lowest BCUT2D eigenvalue weighted by Crippen LogP contribution is -2.48. The average molecular weight is 165 g/mol. The fourth-order valence-electron chi connectivity index (χ4n) is 0.832. The van der Waals surface area contributed by atoms with Gasteiger partial charge in [0, 0.05) is 19.3 Å². The number of nitrogens with zero attached hydrogens (tertiary/aromatic N) is 1. The number of aliphatic hydroxyl groups is 1. The van der Waals surface area contributed by atoms with Crippen LogP contribution in [0.25, 0.3) is 0 Å². The molecule has 0 aliphatic carbocycles. The standard InChI is InChI=1S/C5H11NO3S/c1-10(8,9)5(7)6-3-2-4-6/h5,7H,2-4H2,1H3. The van der Waals surface area contributed by atoms with Crippen molar-refractivity contribution < 1.29 is 13.5 Å². The summed E-state index contributed by atoms with van der Waals surface area (Å²) in [6.07, 6.45) is 2.02. The SMILES string of the molecule is CS(=O)(=O)C(O)N1CCC1. The van der Waals surface area contributed by atoms with Gasteiger partial charge < -0.3 is 5.11 Å². The van der Waals surface area contributed by atoms with E-state index in [0.29, 0.717) is 13.1 Å². The fourth-order valence-corrected chi connectivity index (χ4v) is 1.58. The van der Waals surface area contributed by atoms with Crippen molar-refractivity contribution in [3.8, 4) is 0 Å². The number of aliphatic hydroxyl groups excluding tert-OH is 1. The first-order valence-corrected chi connectivity index (χ1v) is 5.08. The van der Waals surface area contributed by atoms with Gasteiger partial charge >= 0.3 is 0 Å². The second-order valence-corrected chi connectivity index (χ2v) is 4.63. The normalized spacial score (nSPS) is 23.8. The van der Waals surface area contributed by atoms with Crippen LogP contribution >= 0.6 is 0 Å². The van der Waals surface area contributed by atoms with Crippen LogP contribution in [0.1, 0.15) is 6.42 Å². The van der Waals surface area contributed by atoms with Gasteiger partial charge in [0.1, 0.15) is 0 Å². The molecule has 1 saturated heterocycles. The van der Waals surface area contributed by atoms with Crippen LogP contribution in [0.5, 0.6) is 0 Å². The molecule has 0 radical (unpaired) electrons. The molecule has 5 heteroatoms. The van der Waals surface area contributed by atoms with Crippen LogP contribution in [0.15, 0.2) is 0 Å². The molecule has 60 valence electrons. The van der Waals surface area contributed by atoms with E-state index in [2.05, 4.69) is 0 Å². The van der Waals surface area contributed by atoms with E-state index in [0.717, 1.165) is 12.7 Å². The molecule has 0 amide bonds. The summed E-state index contributed by atoms with van der Waals surface area (Å²) in [4.78, 5) is 1.52. The summed E-state index contributed by atoms with van der Waals surface area (Å²) in [5.41, 5.74) is -1.28. The molecule has 1 fully saturated rings. The largest absolute Gasteiger partial charge is 0.365 e. The zero-order valence-corrected chi connectivity index (χ0v) is 6.63. The Labute approximate surface area is 60.4 Å². The molecular formula is C5H11NO3S. The number of sulfone groups is 1. The van der Waals surface area contributed by atoms with Crippen molar-refractivity contribution in [2.24, 2.45) is 0 Å². The van der Waals surface area contributed by atoms with Gasteiger partial charge in [0.25, 0.3) is 0 Å². The average Bonchev–Trinajstić information content (AvgIpc) is 1.57. The first-order valence-electron chi connectivity index (χ1n) is 3.13. The lowest BCUT2D eigenvalue weighted by molar-refractivity contribution is 0.0229. The minimum Gasteiger partial charge on any atom is -0.365 e. The van der Waals surface area contributed by atoms with E-state index in [-0.39, 0.29) is 0 Å². The van der Waals surface area contributed by atoms with Crippen LogP contribution in [0.4, 0.5) is 0 Å². The Morgan fingerprint density at radius 2 is 2.00 bits per heavy atom. The summed E-state index contributed by atoms with van der Waals surface area (Å²) < 4.78 is 21.3. The molecule has 0 aromatic carbocycles. The van der Waals surface area contributed by atoms with Gasteiger partial charge in [-0.05, 0) is 6.42 Å². The van der Waals surface area contributed by atoms with Crippen molar-refractivity contribution in [2.45, 2.75) is 12.0 Å². The zero-order chi connectivity index (χ0) is 7.78. The van der Waals surface area contributed by atoms with Gasteiger partial charge in [-0.3, -0.25) is 4.90 Å². The van der Waals surface area contributed by atoms with Crippen LogP contribution in [-0.4, -0.2) is 43.3 Å². The summed E-state index contributed by atoms with van der Waals surface area (Å²) in [6.45, 7) is 1.38. The van der Waals surface area contributed by atoms with Crippen molar-refractivity contribution in [3.05, 3.63) is 0 Å². The van der Waals surface area contributed by atoms with Gasteiger partial charge in [-0.2, -0.15) is 0 Å². The predicted octanol–water partition coefficient (Wildman–Crippen LogP) is -0.987. The Balaban J connectivity index is 2.56. The Bertz CT molecular complexity index is 207. The Kier molecular flexibility index (Phi) is 1.98. The van der Waals surface area contributed by atoms with E-state index in [9.17, 15) is 8.42 Å². The molecule has 0 saturated carbocycles. The topological polar surface area (TPSA) is 57.6 Å². The van der Waals surface area contributed by atoms with Crippen molar-refractivity contribution in [1.29, 1.82) is 0 Å². The molecule has 0 aromatic rings. The molecule has 1 N–H and O–H groups in total. The fraction of sp³-hybridized carbons (Fsp3) is 1.00. The summed E-state index contributed by atoms with van der Waals surface area (Å²) in [6, 6.07) is 0. The highest BCUT2D eigenvalue weighted by molar-refractivity contribution is 7.91. The van der Waals surface area contributed by atoms with E-state index in [1.165, 1.54) is 4.90 Å². The Morgan fingerprint density at radius 1 is 1.50 bits per heavy atom. The molecule has 0 bridgehead atoms. The Hall–Kier alpha value is -0.130. The molecule has 1 rings (SSSR count). The summed E-state index contributed by atoms with van der Waals surface area (Å²) >= 11 is 0. The summed E-state index contributed by atoms with van der Waals surface area (Å²) in [5, 5.41) is 9.04. The summed E-state index contributed by atoms with van der Waals surface area (Å²) in [7, 11) is -3.28. The van der Waals surface area contributed by atoms with Crippen LogP contribution in [0.2, 0.25) is 0 Å². The van der Waals surface area contributed by atoms with Crippen LogP contribution in [0, 0.1) is 0 Å². The minimum absolute atomic E-state index is 0.689. The number of hydrogen-bond donors (Lipinski definition) is 1. The van der Waals surface area contributed by atoms with E-state index >= 15 is 0 Å². The first kappa shape index (κ1) is 7.97. The summed E-state index contributed by atoms with van der Waals surface area (Å²) in [5.74, 6) is 0. The predicted molar refractivity (Wildman–Crippen MR) is 37.0 cm³/mol. The van der Waals surface area contributed by atoms with Crippen LogP contribution in [0.3, 0.4) is 0 Å². The lowest BCUT2D eigenvalue weighted by Gasteiger charge is -2.33. The first-order chi connectivity index (χ1) is 4.52. The van der Waals surface area contributed by atoms with Crippen molar-refractivity contribution >= 4 is 9.84 Å². The van der Waals surface area contributed by atoms with Crippen molar-refractivity contribution in [1.82, 2.24) is 4.90 Å². The lowest BCUT2D eigenvalue weighted by atomic mass is 10.2. The third kappa shape index (κ3) is 1.47. The van der Waals surface area contributed by atoms with E-state index in [1.54, 1.807) is 0 Å². The highest BCUT2D eigenvalue weighted by Crippen LogP contribution is 2.12. The minimum atomic E-state index is -3.28. The van der Waals surface area contributed by atoms with Crippen LogP contribution < -0.4 is 0 Å². The molecule has 1 heterocycles. The second-order valence-electron chi connectivity index (χ2n) is 2.55. The molecule has 10 heavy (non-hydrogen) atoms. The second kappa shape index (κ2) is 2.48. The van der Waals surface area contributed by atoms with Gasteiger partial charge in [0.2, 0.25) is 5.56 Å². The maximum atomic E-state index is 10.7. The quantitative estimate of drug-likeness (QED) is 0.571. The third-order valence-corrected chi connectivity index (χ3v) is 2.65. The van der Waals surface area contributed by atoms with Crippen molar-refractivity contribution in [2.75, 3.05) is 19.3 Å². The van der Waals surface area contributed by atoms with Crippen molar-refractivity contribution in [3.63, 3.8) is 0 Å². The zero-order valence-electron chi connectivity index (χ0n) is 5.82. The Morgan fingerprint density at radius 3 is 2.10 bits per heavy atom.